The SMILES string of the molecule is NC(CO)Cc1c[nH]c(=O)[nH]c1=O. The second-order valence-electron chi connectivity index (χ2n) is 2.74. The smallest absolute Gasteiger partial charge is 0.325 e. The zero-order chi connectivity index (χ0) is 9.84. The van der Waals surface area contributed by atoms with Crippen LogP contribution in [0.4, 0.5) is 0 Å². The van der Waals surface area contributed by atoms with Crippen molar-refractivity contribution in [1.82, 2.24) is 9.97 Å². The number of nitrogens with one attached hydrogen (secondary N) is 2. The highest BCUT2D eigenvalue weighted by atomic mass is 16.3. The molecule has 13 heavy (non-hydrogen) atoms. The van der Waals surface area contributed by atoms with Crippen LogP contribution in [0.15, 0.2) is 15.8 Å². The molecule has 0 aliphatic carbocycles. The Bertz CT molecular complexity index is 381. The van der Waals surface area contributed by atoms with Gasteiger partial charge in [0.2, 0.25) is 0 Å². The lowest BCUT2D eigenvalue weighted by molar-refractivity contribution is 0.265. The van der Waals surface area contributed by atoms with Crippen LogP contribution in [-0.2, 0) is 6.42 Å². The van der Waals surface area contributed by atoms with Crippen molar-refractivity contribution in [2.75, 3.05) is 6.61 Å². The van der Waals surface area contributed by atoms with Crippen LogP contribution < -0.4 is 17.0 Å². The molecule has 6 nitrogen and oxygen atoms in total. The van der Waals surface area contributed by atoms with Gasteiger partial charge in [-0.15, -0.1) is 0 Å². The Morgan fingerprint density at radius 1 is 1.54 bits per heavy atom. The van der Waals surface area contributed by atoms with Crippen molar-refractivity contribution in [3.05, 3.63) is 32.6 Å². The highest BCUT2D eigenvalue weighted by molar-refractivity contribution is 5.05. The van der Waals surface area contributed by atoms with E-state index in [0.717, 1.165) is 0 Å². The van der Waals surface area contributed by atoms with E-state index in [1.165, 1.54) is 6.20 Å². The molecule has 0 amide bonds. The lowest BCUT2D eigenvalue weighted by Crippen LogP contribution is -2.32. The van der Waals surface area contributed by atoms with Crippen molar-refractivity contribution in [2.24, 2.45) is 5.73 Å². The second-order valence-corrected chi connectivity index (χ2v) is 2.74. The molecule has 1 heterocycles. The molecular weight excluding hydrogens is 174 g/mol. The van der Waals surface area contributed by atoms with Gasteiger partial charge in [-0.25, -0.2) is 4.79 Å². The molecule has 0 aliphatic heterocycles. The summed E-state index contributed by atoms with van der Waals surface area (Å²) < 4.78 is 0. The maximum Gasteiger partial charge on any atom is 0.325 e. The van der Waals surface area contributed by atoms with E-state index in [1.807, 2.05) is 0 Å². The summed E-state index contributed by atoms with van der Waals surface area (Å²) >= 11 is 0. The number of aromatic nitrogens is 2. The van der Waals surface area contributed by atoms with Gasteiger partial charge in [0.1, 0.15) is 0 Å². The first-order chi connectivity index (χ1) is 6.13. The Morgan fingerprint density at radius 2 is 2.23 bits per heavy atom. The summed E-state index contributed by atoms with van der Waals surface area (Å²) in [6.45, 7) is -0.196. The zero-order valence-electron chi connectivity index (χ0n) is 6.91. The number of nitrogens with two attached hydrogens (primary N) is 1. The summed E-state index contributed by atoms with van der Waals surface area (Å²) in [5, 5.41) is 8.63. The zero-order valence-corrected chi connectivity index (χ0v) is 6.91. The molecule has 72 valence electrons. The fourth-order valence-electron chi connectivity index (χ4n) is 0.936. The third kappa shape index (κ3) is 2.53. The molecular formula is C7H11N3O3. The number of H-pyrrole nitrogens is 2. The van der Waals surface area contributed by atoms with E-state index in [0.29, 0.717) is 5.56 Å². The minimum absolute atomic E-state index is 0.196. The monoisotopic (exact) mass is 185 g/mol. The third-order valence-electron chi connectivity index (χ3n) is 1.61. The van der Waals surface area contributed by atoms with Crippen LogP contribution in [0.1, 0.15) is 5.56 Å². The minimum Gasteiger partial charge on any atom is -0.395 e. The Labute approximate surface area is 73.4 Å². The summed E-state index contributed by atoms with van der Waals surface area (Å²) in [4.78, 5) is 26.1. The molecule has 0 saturated carbocycles. The van der Waals surface area contributed by atoms with Gasteiger partial charge < -0.3 is 15.8 Å². The van der Waals surface area contributed by atoms with Crippen molar-refractivity contribution >= 4 is 0 Å². The molecule has 0 saturated heterocycles. The molecule has 0 bridgehead atoms. The first kappa shape index (κ1) is 9.69. The Hall–Kier alpha value is -1.40. The predicted molar refractivity (Wildman–Crippen MR) is 46.4 cm³/mol. The van der Waals surface area contributed by atoms with E-state index in [4.69, 9.17) is 10.8 Å². The lowest BCUT2D eigenvalue weighted by atomic mass is 10.1. The topological polar surface area (TPSA) is 112 Å². The Kier molecular flexibility index (Phi) is 2.99. The quantitative estimate of drug-likeness (QED) is 0.433. The molecule has 0 fully saturated rings. The molecule has 0 aromatic carbocycles. The van der Waals surface area contributed by atoms with E-state index in [9.17, 15) is 9.59 Å². The summed E-state index contributed by atoms with van der Waals surface area (Å²) in [7, 11) is 0. The van der Waals surface area contributed by atoms with E-state index >= 15 is 0 Å². The van der Waals surface area contributed by atoms with E-state index in [1.54, 1.807) is 0 Å². The maximum atomic E-state index is 11.1. The molecule has 0 aliphatic rings. The fraction of sp³-hybridized carbons (Fsp3) is 0.429. The normalized spacial score (nSPS) is 12.8. The minimum atomic E-state index is -0.550. The molecule has 1 atom stereocenters. The summed E-state index contributed by atoms with van der Waals surface area (Å²) in [5.41, 5.74) is 4.76. The third-order valence-corrected chi connectivity index (χ3v) is 1.61. The number of hydrogen-bond acceptors (Lipinski definition) is 4. The largest absolute Gasteiger partial charge is 0.395 e. The van der Waals surface area contributed by atoms with Crippen molar-refractivity contribution in [1.29, 1.82) is 0 Å². The van der Waals surface area contributed by atoms with Gasteiger partial charge in [0.15, 0.2) is 0 Å². The predicted octanol–water partition coefficient (Wildman–Crippen LogP) is -2.07. The Morgan fingerprint density at radius 3 is 2.77 bits per heavy atom. The first-order valence-electron chi connectivity index (χ1n) is 3.81. The molecule has 5 N–H and O–H groups in total. The number of rotatable bonds is 3. The fourth-order valence-corrected chi connectivity index (χ4v) is 0.936. The van der Waals surface area contributed by atoms with Gasteiger partial charge in [0, 0.05) is 17.8 Å². The van der Waals surface area contributed by atoms with Crippen LogP contribution >= 0.6 is 0 Å². The van der Waals surface area contributed by atoms with Crippen LogP contribution in [0.2, 0.25) is 0 Å². The van der Waals surface area contributed by atoms with Crippen LogP contribution in [0.5, 0.6) is 0 Å². The van der Waals surface area contributed by atoms with E-state index in [-0.39, 0.29) is 13.0 Å². The number of aliphatic hydroxyl groups is 1. The Balaban J connectivity index is 2.90. The van der Waals surface area contributed by atoms with Gasteiger partial charge in [0.25, 0.3) is 5.56 Å². The standard InChI is InChI=1S/C7H11N3O3/c8-5(3-11)1-4-2-9-7(13)10-6(4)12/h2,5,11H,1,3,8H2,(H2,9,10,12,13). The first-order valence-corrected chi connectivity index (χ1v) is 3.81. The van der Waals surface area contributed by atoms with Crippen LogP contribution in [0.3, 0.4) is 0 Å². The van der Waals surface area contributed by atoms with Gasteiger partial charge in [-0.2, -0.15) is 0 Å². The molecule has 0 radical (unpaired) electrons. The summed E-state index contributed by atoms with van der Waals surface area (Å²) in [6.07, 6.45) is 1.54. The van der Waals surface area contributed by atoms with Gasteiger partial charge >= 0.3 is 5.69 Å². The number of hydrogen-bond donors (Lipinski definition) is 4. The van der Waals surface area contributed by atoms with Crippen molar-refractivity contribution < 1.29 is 5.11 Å². The average Bonchev–Trinajstić information content (AvgIpc) is 2.09. The van der Waals surface area contributed by atoms with Gasteiger partial charge in [-0.3, -0.25) is 9.78 Å². The van der Waals surface area contributed by atoms with Gasteiger partial charge in [-0.1, -0.05) is 0 Å². The van der Waals surface area contributed by atoms with Crippen molar-refractivity contribution in [3.63, 3.8) is 0 Å². The van der Waals surface area contributed by atoms with Gasteiger partial charge in [0.05, 0.1) is 6.61 Å². The summed E-state index contributed by atoms with van der Waals surface area (Å²) in [6, 6.07) is -0.480. The van der Waals surface area contributed by atoms with E-state index < -0.39 is 17.3 Å². The highest BCUT2D eigenvalue weighted by Gasteiger charge is 2.05. The molecule has 1 rings (SSSR count). The average molecular weight is 185 g/mol. The van der Waals surface area contributed by atoms with Crippen LogP contribution in [-0.4, -0.2) is 27.7 Å². The molecule has 1 aromatic rings. The van der Waals surface area contributed by atoms with Crippen LogP contribution in [0, 0.1) is 0 Å². The van der Waals surface area contributed by atoms with Gasteiger partial charge in [-0.05, 0) is 6.42 Å². The van der Waals surface area contributed by atoms with Crippen molar-refractivity contribution in [2.45, 2.75) is 12.5 Å². The number of aliphatic hydroxyl groups excluding tert-OH is 1. The van der Waals surface area contributed by atoms with E-state index in [2.05, 4.69) is 9.97 Å². The summed E-state index contributed by atoms with van der Waals surface area (Å²) in [5.74, 6) is 0. The van der Waals surface area contributed by atoms with Crippen LogP contribution in [0.25, 0.3) is 0 Å². The van der Waals surface area contributed by atoms with Crippen molar-refractivity contribution in [3.8, 4) is 0 Å². The molecule has 6 heteroatoms. The highest BCUT2D eigenvalue weighted by Crippen LogP contribution is 1.90. The molecule has 1 unspecified atom stereocenters. The number of aromatic amines is 2. The lowest BCUT2D eigenvalue weighted by Gasteiger charge is -2.05. The molecule has 1 aromatic heterocycles. The maximum absolute atomic E-state index is 11.1. The molecule has 0 spiro atoms. The second kappa shape index (κ2) is 4.01.